The van der Waals surface area contributed by atoms with Gasteiger partial charge in [0.2, 0.25) is 0 Å². The standard InChI is InChI=1S/C21H21ClN2O2/c1-14-17(11-6-12-19(14)26-2)21(25)24-23-13-16-9-5-8-15-7-3-4-10-18(15)20(16)22/h3-4,6-7,10-13H,5,8-9H2,1-2H3,(H,24,25)/b23-13+. The number of halogens is 1. The van der Waals surface area contributed by atoms with Crippen LogP contribution in [0.3, 0.4) is 0 Å². The van der Waals surface area contributed by atoms with Crippen LogP contribution >= 0.6 is 11.6 Å². The molecule has 134 valence electrons. The van der Waals surface area contributed by atoms with Crippen molar-refractivity contribution in [3.63, 3.8) is 0 Å². The van der Waals surface area contributed by atoms with Crippen molar-refractivity contribution in [1.29, 1.82) is 0 Å². The van der Waals surface area contributed by atoms with Crippen molar-refractivity contribution in [3.8, 4) is 5.75 Å². The van der Waals surface area contributed by atoms with Gasteiger partial charge in [0.15, 0.2) is 0 Å². The quantitative estimate of drug-likeness (QED) is 0.627. The Morgan fingerprint density at radius 1 is 1.19 bits per heavy atom. The van der Waals surface area contributed by atoms with Gasteiger partial charge in [0.25, 0.3) is 5.91 Å². The molecule has 1 aliphatic carbocycles. The first kappa shape index (κ1) is 18.2. The summed E-state index contributed by atoms with van der Waals surface area (Å²) < 4.78 is 5.25. The molecule has 0 fully saturated rings. The van der Waals surface area contributed by atoms with E-state index in [1.807, 2.05) is 31.2 Å². The highest BCUT2D eigenvalue weighted by molar-refractivity contribution is 6.50. The zero-order valence-electron chi connectivity index (χ0n) is 14.9. The third kappa shape index (κ3) is 3.81. The van der Waals surface area contributed by atoms with Crippen molar-refractivity contribution >= 4 is 28.8 Å². The third-order valence-corrected chi connectivity index (χ3v) is 5.01. The van der Waals surface area contributed by atoms with Crippen LogP contribution in [0, 0.1) is 6.92 Å². The maximum atomic E-state index is 12.4. The predicted octanol–water partition coefficient (Wildman–Crippen LogP) is 4.71. The average Bonchev–Trinajstić information content (AvgIpc) is 2.81. The lowest BCUT2D eigenvalue weighted by Crippen LogP contribution is -2.19. The highest BCUT2D eigenvalue weighted by Crippen LogP contribution is 2.32. The number of hydrogen-bond acceptors (Lipinski definition) is 3. The van der Waals surface area contributed by atoms with Crippen molar-refractivity contribution in [2.45, 2.75) is 26.2 Å². The number of allylic oxidation sites excluding steroid dienone is 1. The number of hydrazone groups is 1. The number of nitrogens with one attached hydrogen (secondary N) is 1. The molecule has 0 atom stereocenters. The van der Waals surface area contributed by atoms with Crippen LogP contribution in [0.4, 0.5) is 0 Å². The summed E-state index contributed by atoms with van der Waals surface area (Å²) in [4.78, 5) is 12.4. The largest absolute Gasteiger partial charge is 0.496 e. The van der Waals surface area contributed by atoms with Crippen molar-refractivity contribution in [2.75, 3.05) is 7.11 Å². The molecule has 0 saturated heterocycles. The molecule has 0 heterocycles. The van der Waals surface area contributed by atoms with E-state index >= 15 is 0 Å². The number of carbonyl (C=O) groups is 1. The Morgan fingerprint density at radius 2 is 2.00 bits per heavy atom. The van der Waals surface area contributed by atoms with Gasteiger partial charge in [-0.05, 0) is 55.0 Å². The molecule has 1 amide bonds. The van der Waals surface area contributed by atoms with Crippen LogP contribution in [0.1, 0.15) is 39.9 Å². The predicted molar refractivity (Wildman–Crippen MR) is 106 cm³/mol. The van der Waals surface area contributed by atoms with E-state index in [0.717, 1.165) is 36.0 Å². The Kier molecular flexibility index (Phi) is 5.74. The Labute approximate surface area is 158 Å². The first-order valence-corrected chi connectivity index (χ1v) is 8.93. The van der Waals surface area contributed by atoms with Gasteiger partial charge >= 0.3 is 0 Å². The summed E-state index contributed by atoms with van der Waals surface area (Å²) in [7, 11) is 1.58. The van der Waals surface area contributed by atoms with Gasteiger partial charge in [-0.3, -0.25) is 4.79 Å². The zero-order chi connectivity index (χ0) is 18.5. The molecular weight excluding hydrogens is 348 g/mol. The zero-order valence-corrected chi connectivity index (χ0v) is 15.6. The molecule has 4 nitrogen and oxygen atoms in total. The fourth-order valence-electron chi connectivity index (χ4n) is 3.14. The number of fused-ring (bicyclic) bond motifs is 1. The number of methoxy groups -OCH3 is 1. The molecule has 2 aromatic carbocycles. The van der Waals surface area contributed by atoms with Crippen LogP contribution in [-0.2, 0) is 6.42 Å². The molecule has 0 radical (unpaired) electrons. The first-order valence-electron chi connectivity index (χ1n) is 8.55. The lowest BCUT2D eigenvalue weighted by Gasteiger charge is -2.09. The highest BCUT2D eigenvalue weighted by atomic mass is 35.5. The van der Waals surface area contributed by atoms with Crippen LogP contribution in [-0.4, -0.2) is 19.2 Å². The van der Waals surface area contributed by atoms with E-state index in [0.29, 0.717) is 16.3 Å². The maximum absolute atomic E-state index is 12.4. The summed E-state index contributed by atoms with van der Waals surface area (Å²) in [5.74, 6) is 0.399. The van der Waals surface area contributed by atoms with Crippen LogP contribution in [0.15, 0.2) is 53.1 Å². The number of benzene rings is 2. The lowest BCUT2D eigenvalue weighted by atomic mass is 10.0. The van der Waals surface area contributed by atoms with Gasteiger partial charge in [-0.25, -0.2) is 5.43 Å². The van der Waals surface area contributed by atoms with Crippen molar-refractivity contribution in [3.05, 3.63) is 70.3 Å². The molecule has 0 bridgehead atoms. The Morgan fingerprint density at radius 3 is 2.81 bits per heavy atom. The molecule has 3 rings (SSSR count). The monoisotopic (exact) mass is 368 g/mol. The summed E-state index contributed by atoms with van der Waals surface area (Å²) in [6.07, 6.45) is 4.46. The van der Waals surface area contributed by atoms with Gasteiger partial charge < -0.3 is 4.74 Å². The second kappa shape index (κ2) is 8.19. The number of ether oxygens (including phenoxy) is 1. The number of hydrogen-bond donors (Lipinski definition) is 1. The molecule has 0 aliphatic heterocycles. The third-order valence-electron chi connectivity index (χ3n) is 4.56. The van der Waals surface area contributed by atoms with E-state index in [9.17, 15) is 4.79 Å². The number of amides is 1. The van der Waals surface area contributed by atoms with Crippen molar-refractivity contribution < 1.29 is 9.53 Å². The van der Waals surface area contributed by atoms with Gasteiger partial charge in [-0.15, -0.1) is 0 Å². The summed E-state index contributed by atoms with van der Waals surface area (Å²) in [6.45, 7) is 1.85. The average molecular weight is 369 g/mol. The maximum Gasteiger partial charge on any atom is 0.271 e. The number of aryl methyl sites for hydroxylation is 1. The van der Waals surface area contributed by atoms with Gasteiger partial charge in [0.05, 0.1) is 18.4 Å². The Bertz CT molecular complexity index is 887. The van der Waals surface area contributed by atoms with E-state index in [1.54, 1.807) is 25.5 Å². The molecular formula is C21H21ClN2O2. The number of nitrogens with zero attached hydrogens (tertiary/aromatic N) is 1. The molecule has 1 aliphatic rings. The van der Waals surface area contributed by atoms with Crippen LogP contribution in [0.2, 0.25) is 0 Å². The van der Waals surface area contributed by atoms with Gasteiger partial charge in [-0.2, -0.15) is 5.10 Å². The summed E-state index contributed by atoms with van der Waals surface area (Å²) in [6, 6.07) is 13.5. The fraction of sp³-hybridized carbons (Fsp3) is 0.238. The van der Waals surface area contributed by atoms with E-state index in [1.165, 1.54) is 5.56 Å². The van der Waals surface area contributed by atoms with Gasteiger partial charge in [0, 0.05) is 11.1 Å². The molecule has 1 N–H and O–H groups in total. The summed E-state index contributed by atoms with van der Waals surface area (Å²) >= 11 is 6.57. The van der Waals surface area contributed by atoms with E-state index in [-0.39, 0.29) is 5.91 Å². The second-order valence-corrected chi connectivity index (χ2v) is 6.56. The van der Waals surface area contributed by atoms with Crippen LogP contribution < -0.4 is 10.2 Å². The highest BCUT2D eigenvalue weighted by Gasteiger charge is 2.15. The number of rotatable bonds is 4. The minimum Gasteiger partial charge on any atom is -0.496 e. The van der Waals surface area contributed by atoms with E-state index in [4.69, 9.17) is 16.3 Å². The van der Waals surface area contributed by atoms with Crippen LogP contribution in [0.5, 0.6) is 5.75 Å². The van der Waals surface area contributed by atoms with E-state index in [2.05, 4.69) is 16.6 Å². The molecule has 0 aromatic heterocycles. The summed E-state index contributed by atoms with van der Waals surface area (Å²) in [5, 5.41) is 4.83. The second-order valence-electron chi connectivity index (χ2n) is 6.18. The van der Waals surface area contributed by atoms with Crippen molar-refractivity contribution in [2.24, 2.45) is 5.10 Å². The topological polar surface area (TPSA) is 50.7 Å². The minimum atomic E-state index is -0.275. The smallest absolute Gasteiger partial charge is 0.271 e. The molecule has 0 spiro atoms. The normalized spacial score (nSPS) is 14.1. The van der Waals surface area contributed by atoms with Gasteiger partial charge in [-0.1, -0.05) is 41.9 Å². The molecule has 2 aromatic rings. The summed E-state index contributed by atoms with van der Waals surface area (Å²) in [5.41, 5.74) is 7.12. The first-order chi connectivity index (χ1) is 12.6. The Hall–Kier alpha value is -2.59. The minimum absolute atomic E-state index is 0.275. The van der Waals surface area contributed by atoms with Crippen LogP contribution in [0.25, 0.3) is 5.03 Å². The molecule has 0 unspecified atom stereocenters. The van der Waals surface area contributed by atoms with Crippen molar-refractivity contribution in [1.82, 2.24) is 5.43 Å². The SMILES string of the molecule is COc1cccc(C(=O)N/N=C/C2=C(Cl)c3ccccc3CCC2)c1C. The lowest BCUT2D eigenvalue weighted by molar-refractivity contribution is 0.0954. The van der Waals surface area contributed by atoms with E-state index < -0.39 is 0 Å². The number of carbonyl (C=O) groups excluding carboxylic acids is 1. The molecule has 26 heavy (non-hydrogen) atoms. The molecule has 5 heteroatoms. The van der Waals surface area contributed by atoms with Gasteiger partial charge in [0.1, 0.15) is 5.75 Å². The Balaban J connectivity index is 1.77. The molecule has 0 saturated carbocycles. The fourth-order valence-corrected chi connectivity index (χ4v) is 3.46.